The van der Waals surface area contributed by atoms with E-state index in [1.165, 1.54) is 4.90 Å². The minimum atomic E-state index is 0.828. The molecule has 0 radical (unpaired) electrons. The van der Waals surface area contributed by atoms with E-state index < -0.39 is 0 Å². The molecule has 0 atom stereocenters. The molecule has 1 N–H and O–H groups in total. The van der Waals surface area contributed by atoms with E-state index in [2.05, 4.69) is 50.2 Å². The van der Waals surface area contributed by atoms with Crippen molar-refractivity contribution in [3.63, 3.8) is 0 Å². The van der Waals surface area contributed by atoms with Crippen molar-refractivity contribution in [3.05, 3.63) is 40.4 Å². The van der Waals surface area contributed by atoms with Gasteiger partial charge in [0.2, 0.25) is 0 Å². The van der Waals surface area contributed by atoms with Gasteiger partial charge in [0.1, 0.15) is 11.6 Å². The average molecular weight is 298 g/mol. The lowest BCUT2D eigenvalue weighted by molar-refractivity contribution is 0.945. The van der Waals surface area contributed by atoms with Crippen LogP contribution in [-0.4, -0.2) is 15.2 Å². The predicted molar refractivity (Wildman–Crippen MR) is 69.5 cm³/mol. The summed E-state index contributed by atoms with van der Waals surface area (Å²) in [6, 6.07) is 8.26. The normalized spacial score (nSPS) is 10.6. The molecule has 5 heteroatoms. The van der Waals surface area contributed by atoms with Crippen molar-refractivity contribution in [3.8, 4) is 0 Å². The summed E-state index contributed by atoms with van der Waals surface area (Å²) in [6.07, 6.45) is 0.874. The van der Waals surface area contributed by atoms with Gasteiger partial charge in [-0.05, 0) is 24.3 Å². The summed E-state index contributed by atoms with van der Waals surface area (Å²) in [5.74, 6) is 2.64. The molecule has 0 fully saturated rings. The van der Waals surface area contributed by atoms with E-state index >= 15 is 0 Å². The van der Waals surface area contributed by atoms with Crippen molar-refractivity contribution >= 4 is 27.7 Å². The standard InChI is InChI=1S/C11H12BrN3S/c1-2-10-13-11(15-14-10)7-16-9-5-3-8(12)4-6-9/h3-6H,2,7H2,1H3,(H,13,14,15). The molecule has 0 saturated carbocycles. The lowest BCUT2D eigenvalue weighted by Crippen LogP contribution is -1.85. The summed E-state index contributed by atoms with van der Waals surface area (Å²) in [6.45, 7) is 2.05. The molecule has 1 aromatic carbocycles. The lowest BCUT2D eigenvalue weighted by Gasteiger charge is -1.98. The largest absolute Gasteiger partial charge is 0.262 e. The summed E-state index contributed by atoms with van der Waals surface area (Å²) in [4.78, 5) is 5.60. The molecule has 3 nitrogen and oxygen atoms in total. The highest BCUT2D eigenvalue weighted by Gasteiger charge is 2.02. The number of halogens is 1. The quantitative estimate of drug-likeness (QED) is 0.879. The number of aryl methyl sites for hydroxylation is 1. The summed E-state index contributed by atoms with van der Waals surface area (Å²) in [5, 5.41) is 7.05. The zero-order chi connectivity index (χ0) is 11.4. The van der Waals surface area contributed by atoms with Gasteiger partial charge in [0.05, 0.1) is 5.75 Å². The maximum absolute atomic E-state index is 4.36. The Kier molecular flexibility index (Phi) is 4.01. The van der Waals surface area contributed by atoms with Crippen LogP contribution in [0.25, 0.3) is 0 Å². The summed E-state index contributed by atoms with van der Waals surface area (Å²) in [5.41, 5.74) is 0. The topological polar surface area (TPSA) is 41.6 Å². The molecule has 1 heterocycles. The highest BCUT2D eigenvalue weighted by atomic mass is 79.9. The molecular weight excluding hydrogens is 286 g/mol. The van der Waals surface area contributed by atoms with Gasteiger partial charge in [-0.2, -0.15) is 5.10 Å². The molecule has 16 heavy (non-hydrogen) atoms. The molecular formula is C11H12BrN3S. The van der Waals surface area contributed by atoms with E-state index in [0.29, 0.717) is 0 Å². The first kappa shape index (κ1) is 11.7. The molecule has 0 amide bonds. The summed E-state index contributed by atoms with van der Waals surface area (Å²) >= 11 is 5.17. The van der Waals surface area contributed by atoms with E-state index in [1.807, 2.05) is 12.1 Å². The van der Waals surface area contributed by atoms with Crippen molar-refractivity contribution in [2.45, 2.75) is 24.0 Å². The molecule has 0 aliphatic heterocycles. The maximum Gasteiger partial charge on any atom is 0.150 e. The zero-order valence-electron chi connectivity index (χ0n) is 8.90. The second-order valence-electron chi connectivity index (χ2n) is 3.29. The highest BCUT2D eigenvalue weighted by molar-refractivity contribution is 9.10. The SMILES string of the molecule is CCc1n[nH]c(CSc2ccc(Br)cc2)n1. The van der Waals surface area contributed by atoms with Gasteiger partial charge in [-0.15, -0.1) is 11.8 Å². The van der Waals surface area contributed by atoms with E-state index in [4.69, 9.17) is 0 Å². The molecule has 1 aromatic heterocycles. The van der Waals surface area contributed by atoms with Gasteiger partial charge >= 0.3 is 0 Å². The molecule has 0 bridgehead atoms. The Morgan fingerprint density at radius 2 is 2.06 bits per heavy atom. The third kappa shape index (κ3) is 3.09. The molecule has 0 aliphatic rings. The summed E-state index contributed by atoms with van der Waals surface area (Å²) < 4.78 is 1.10. The first-order valence-corrected chi connectivity index (χ1v) is 6.84. The van der Waals surface area contributed by atoms with Crippen molar-refractivity contribution in [2.75, 3.05) is 0 Å². The van der Waals surface area contributed by atoms with Crippen molar-refractivity contribution < 1.29 is 0 Å². The van der Waals surface area contributed by atoms with Crippen LogP contribution in [-0.2, 0) is 12.2 Å². The van der Waals surface area contributed by atoms with Gasteiger partial charge in [0, 0.05) is 15.8 Å². The fraction of sp³-hybridized carbons (Fsp3) is 0.273. The number of benzene rings is 1. The van der Waals surface area contributed by atoms with Gasteiger partial charge in [0.15, 0.2) is 0 Å². The number of aromatic amines is 1. The highest BCUT2D eigenvalue weighted by Crippen LogP contribution is 2.23. The van der Waals surface area contributed by atoms with Crippen LogP contribution in [0, 0.1) is 0 Å². The van der Waals surface area contributed by atoms with Gasteiger partial charge in [-0.1, -0.05) is 22.9 Å². The molecule has 84 valence electrons. The van der Waals surface area contributed by atoms with Crippen molar-refractivity contribution in [2.24, 2.45) is 0 Å². The second kappa shape index (κ2) is 5.50. The first-order chi connectivity index (χ1) is 7.78. The predicted octanol–water partition coefficient (Wildman–Crippen LogP) is 3.42. The van der Waals surface area contributed by atoms with Crippen LogP contribution in [0.1, 0.15) is 18.6 Å². The maximum atomic E-state index is 4.36. The number of H-pyrrole nitrogens is 1. The third-order valence-corrected chi connectivity index (χ3v) is 3.64. The van der Waals surface area contributed by atoms with Crippen molar-refractivity contribution in [1.82, 2.24) is 15.2 Å². The molecule has 2 aromatic rings. The summed E-state index contributed by atoms with van der Waals surface area (Å²) in [7, 11) is 0. The molecule has 0 unspecified atom stereocenters. The van der Waals surface area contributed by atoms with Crippen molar-refractivity contribution in [1.29, 1.82) is 0 Å². The molecule has 0 aliphatic carbocycles. The molecule has 2 rings (SSSR count). The van der Waals surface area contributed by atoms with Crippen LogP contribution in [0.15, 0.2) is 33.6 Å². The molecule has 0 spiro atoms. The van der Waals surface area contributed by atoms with Gasteiger partial charge in [-0.25, -0.2) is 4.98 Å². The van der Waals surface area contributed by atoms with Gasteiger partial charge in [-0.3, -0.25) is 5.10 Å². The van der Waals surface area contributed by atoms with Crippen LogP contribution in [0.3, 0.4) is 0 Å². The fourth-order valence-electron chi connectivity index (χ4n) is 1.24. The number of aromatic nitrogens is 3. The van der Waals surface area contributed by atoms with Gasteiger partial charge in [0.25, 0.3) is 0 Å². The number of nitrogens with one attached hydrogen (secondary N) is 1. The Balaban J connectivity index is 1.94. The second-order valence-corrected chi connectivity index (χ2v) is 5.26. The first-order valence-electron chi connectivity index (χ1n) is 5.06. The van der Waals surface area contributed by atoms with E-state index in [0.717, 1.165) is 28.3 Å². The Morgan fingerprint density at radius 3 is 2.69 bits per heavy atom. The number of hydrogen-bond donors (Lipinski definition) is 1. The van der Waals surface area contributed by atoms with E-state index in [9.17, 15) is 0 Å². The van der Waals surface area contributed by atoms with E-state index in [-0.39, 0.29) is 0 Å². The van der Waals surface area contributed by atoms with Gasteiger partial charge < -0.3 is 0 Å². The van der Waals surface area contributed by atoms with Crippen LogP contribution < -0.4 is 0 Å². The average Bonchev–Trinajstić information content (AvgIpc) is 2.76. The van der Waals surface area contributed by atoms with Crippen LogP contribution in [0.5, 0.6) is 0 Å². The zero-order valence-corrected chi connectivity index (χ0v) is 11.3. The fourth-order valence-corrected chi connectivity index (χ4v) is 2.27. The Labute approximate surface area is 107 Å². The number of rotatable bonds is 4. The van der Waals surface area contributed by atoms with E-state index in [1.54, 1.807) is 11.8 Å². The minimum Gasteiger partial charge on any atom is -0.262 e. The molecule has 0 saturated heterocycles. The minimum absolute atomic E-state index is 0.828. The van der Waals surface area contributed by atoms with Crippen LogP contribution in [0.4, 0.5) is 0 Å². The number of thioether (sulfide) groups is 1. The van der Waals surface area contributed by atoms with Crippen LogP contribution >= 0.6 is 27.7 Å². The smallest absolute Gasteiger partial charge is 0.150 e. The number of hydrogen-bond acceptors (Lipinski definition) is 3. The lowest BCUT2D eigenvalue weighted by atomic mass is 10.4. The third-order valence-electron chi connectivity index (χ3n) is 2.08. The Bertz CT molecular complexity index is 453. The van der Waals surface area contributed by atoms with Crippen LogP contribution in [0.2, 0.25) is 0 Å². The Hall–Kier alpha value is -0.810. The monoisotopic (exact) mass is 297 g/mol. The number of nitrogens with zero attached hydrogens (tertiary/aromatic N) is 2. The Morgan fingerprint density at radius 1 is 1.31 bits per heavy atom.